The van der Waals surface area contributed by atoms with Crippen LogP contribution in [-0.2, 0) is 4.79 Å². The van der Waals surface area contributed by atoms with E-state index in [1.807, 2.05) is 32.1 Å². The molecule has 0 unspecified atom stereocenters. The Bertz CT molecular complexity index is 459. The maximum absolute atomic E-state index is 12.4. The van der Waals surface area contributed by atoms with Gasteiger partial charge in [-0.2, -0.15) is 0 Å². The van der Waals surface area contributed by atoms with Crippen molar-refractivity contribution in [1.29, 1.82) is 0 Å². The van der Waals surface area contributed by atoms with Crippen molar-refractivity contribution < 1.29 is 4.79 Å². The fourth-order valence-corrected chi connectivity index (χ4v) is 2.16. The van der Waals surface area contributed by atoms with Gasteiger partial charge in [0.25, 0.3) is 0 Å². The molecule has 1 aromatic carbocycles. The first-order valence-corrected chi connectivity index (χ1v) is 7.40. The van der Waals surface area contributed by atoms with E-state index in [0.717, 1.165) is 25.2 Å². The average molecular weight is 354 g/mol. The molecule has 0 aliphatic heterocycles. The molecular formula is C18H28BrNO. The molecule has 0 saturated heterocycles. The van der Waals surface area contributed by atoms with E-state index in [2.05, 4.69) is 37.8 Å². The third-order valence-corrected chi connectivity index (χ3v) is 3.68. The van der Waals surface area contributed by atoms with Crippen molar-refractivity contribution >= 4 is 28.8 Å². The largest absolute Gasteiger partial charge is 0.303 e. The summed E-state index contributed by atoms with van der Waals surface area (Å²) in [4.78, 5) is 14.6. The number of halogens is 1. The number of nitrogens with zero attached hydrogens (tertiary/aromatic N) is 1. The summed E-state index contributed by atoms with van der Waals surface area (Å²) in [6.07, 6.45) is 3.62. The molecule has 0 amide bonds. The van der Waals surface area contributed by atoms with Gasteiger partial charge in [-0.1, -0.05) is 63.6 Å². The Balaban J connectivity index is 0.00000400. The van der Waals surface area contributed by atoms with Gasteiger partial charge in [0.05, 0.1) is 0 Å². The zero-order valence-corrected chi connectivity index (χ0v) is 15.6. The van der Waals surface area contributed by atoms with Crippen molar-refractivity contribution in [3.05, 3.63) is 41.5 Å². The Labute approximate surface area is 140 Å². The maximum atomic E-state index is 12.4. The number of hydrogen-bond donors (Lipinski definition) is 0. The van der Waals surface area contributed by atoms with Crippen LogP contribution in [0.25, 0.3) is 6.08 Å². The van der Waals surface area contributed by atoms with Crippen LogP contribution in [0.2, 0.25) is 0 Å². The van der Waals surface area contributed by atoms with Crippen LogP contribution in [0, 0.1) is 12.3 Å². The summed E-state index contributed by atoms with van der Waals surface area (Å²) < 4.78 is 0. The van der Waals surface area contributed by atoms with E-state index in [1.54, 1.807) is 6.08 Å². The third-order valence-electron chi connectivity index (χ3n) is 3.68. The Kier molecular flexibility index (Phi) is 8.76. The number of carbonyl (C=O) groups is 1. The molecule has 0 aromatic heterocycles. The van der Waals surface area contributed by atoms with Crippen molar-refractivity contribution in [3.63, 3.8) is 0 Å². The molecule has 0 heterocycles. The summed E-state index contributed by atoms with van der Waals surface area (Å²) in [5.74, 6) is 0.185. The smallest absolute Gasteiger partial charge is 0.162 e. The van der Waals surface area contributed by atoms with Crippen LogP contribution in [-0.4, -0.2) is 30.3 Å². The van der Waals surface area contributed by atoms with Gasteiger partial charge in [0.1, 0.15) is 0 Å². The number of allylic oxidation sites excluding steroid dienone is 1. The van der Waals surface area contributed by atoms with E-state index in [4.69, 9.17) is 0 Å². The van der Waals surface area contributed by atoms with Crippen molar-refractivity contribution in [2.45, 2.75) is 34.6 Å². The quantitative estimate of drug-likeness (QED) is 0.671. The predicted octanol–water partition coefficient (Wildman–Crippen LogP) is 4.52. The molecule has 2 nitrogen and oxygen atoms in total. The predicted molar refractivity (Wildman–Crippen MR) is 97.1 cm³/mol. The molecule has 0 bridgehead atoms. The van der Waals surface area contributed by atoms with Crippen LogP contribution >= 0.6 is 17.0 Å². The van der Waals surface area contributed by atoms with Crippen LogP contribution in [0.4, 0.5) is 0 Å². The molecule has 0 aliphatic rings. The van der Waals surface area contributed by atoms with Gasteiger partial charge in [0.2, 0.25) is 0 Å². The van der Waals surface area contributed by atoms with E-state index >= 15 is 0 Å². The first-order valence-electron chi connectivity index (χ1n) is 7.40. The molecule has 1 aromatic rings. The van der Waals surface area contributed by atoms with E-state index in [-0.39, 0.29) is 28.2 Å². The topological polar surface area (TPSA) is 20.3 Å². The number of benzene rings is 1. The molecule has 1 rings (SSSR count). The van der Waals surface area contributed by atoms with Crippen LogP contribution in [0.5, 0.6) is 0 Å². The van der Waals surface area contributed by atoms with Crippen molar-refractivity contribution in [3.8, 4) is 0 Å². The summed E-state index contributed by atoms with van der Waals surface area (Å²) in [5.41, 5.74) is 1.96. The lowest BCUT2D eigenvalue weighted by atomic mass is 9.86. The highest BCUT2D eigenvalue weighted by molar-refractivity contribution is 8.93. The second kappa shape index (κ2) is 9.16. The summed E-state index contributed by atoms with van der Waals surface area (Å²) in [5, 5.41) is 0. The molecule has 0 aliphatic carbocycles. The average Bonchev–Trinajstić information content (AvgIpc) is 2.43. The number of hydrogen-bond acceptors (Lipinski definition) is 2. The van der Waals surface area contributed by atoms with Gasteiger partial charge < -0.3 is 4.90 Å². The molecule has 0 spiro atoms. The second-order valence-corrected chi connectivity index (χ2v) is 5.95. The normalized spacial score (nSPS) is 11.7. The highest BCUT2D eigenvalue weighted by atomic mass is 79.9. The zero-order chi connectivity index (χ0) is 15.2. The molecule has 0 N–H and O–H groups in total. The highest BCUT2D eigenvalue weighted by Gasteiger charge is 2.27. The van der Waals surface area contributed by atoms with E-state index in [0.29, 0.717) is 0 Å². The SMILES string of the molecule is Br.CCN(CC)CC(C)(C)C(=O)/C=C/c1ccc(C)cc1. The van der Waals surface area contributed by atoms with Gasteiger partial charge in [0.15, 0.2) is 5.78 Å². The fraction of sp³-hybridized carbons (Fsp3) is 0.500. The van der Waals surface area contributed by atoms with Crippen molar-refractivity contribution in [2.75, 3.05) is 19.6 Å². The summed E-state index contributed by atoms with van der Waals surface area (Å²) >= 11 is 0. The van der Waals surface area contributed by atoms with Crippen LogP contribution in [0.1, 0.15) is 38.8 Å². The van der Waals surface area contributed by atoms with Gasteiger partial charge in [-0.05, 0) is 31.7 Å². The number of aryl methyl sites for hydroxylation is 1. The Morgan fingerprint density at radius 3 is 2.14 bits per heavy atom. The fourth-order valence-electron chi connectivity index (χ4n) is 2.16. The van der Waals surface area contributed by atoms with E-state index in [9.17, 15) is 4.79 Å². The van der Waals surface area contributed by atoms with Crippen LogP contribution < -0.4 is 0 Å². The Morgan fingerprint density at radius 2 is 1.67 bits per heavy atom. The standard InChI is InChI=1S/C18H27NO.BrH/c1-6-19(7-2)14-18(4,5)17(20)13-12-16-10-8-15(3)9-11-16;/h8-13H,6-7,14H2,1-5H3;1H/b13-12+;. The van der Waals surface area contributed by atoms with Gasteiger partial charge in [0, 0.05) is 12.0 Å². The molecule has 0 fully saturated rings. The minimum Gasteiger partial charge on any atom is -0.303 e. The van der Waals surface area contributed by atoms with Crippen LogP contribution in [0.3, 0.4) is 0 Å². The molecule has 21 heavy (non-hydrogen) atoms. The molecule has 118 valence electrons. The number of carbonyl (C=O) groups excluding carboxylic acids is 1. The molecule has 0 saturated carbocycles. The molecule has 3 heteroatoms. The lowest BCUT2D eigenvalue weighted by Crippen LogP contribution is -2.38. The minimum atomic E-state index is -0.340. The van der Waals surface area contributed by atoms with Gasteiger partial charge >= 0.3 is 0 Å². The summed E-state index contributed by atoms with van der Waals surface area (Å²) in [7, 11) is 0. The monoisotopic (exact) mass is 353 g/mol. The lowest BCUT2D eigenvalue weighted by molar-refractivity contribution is -0.123. The van der Waals surface area contributed by atoms with Crippen molar-refractivity contribution in [1.82, 2.24) is 4.90 Å². The molecule has 0 radical (unpaired) electrons. The summed E-state index contributed by atoms with van der Waals surface area (Å²) in [6.45, 7) is 13.1. The number of rotatable bonds is 7. The Hall–Kier alpha value is -0.930. The summed E-state index contributed by atoms with van der Waals surface area (Å²) in [6, 6.07) is 8.20. The van der Waals surface area contributed by atoms with E-state index < -0.39 is 0 Å². The van der Waals surface area contributed by atoms with Gasteiger partial charge in [-0.25, -0.2) is 0 Å². The van der Waals surface area contributed by atoms with Gasteiger partial charge in [-0.3, -0.25) is 4.79 Å². The number of ketones is 1. The zero-order valence-electron chi connectivity index (χ0n) is 13.8. The Morgan fingerprint density at radius 1 is 1.14 bits per heavy atom. The van der Waals surface area contributed by atoms with Crippen LogP contribution in [0.15, 0.2) is 30.3 Å². The van der Waals surface area contributed by atoms with E-state index in [1.165, 1.54) is 5.56 Å². The third kappa shape index (κ3) is 6.58. The first kappa shape index (κ1) is 20.1. The van der Waals surface area contributed by atoms with Crippen molar-refractivity contribution in [2.24, 2.45) is 5.41 Å². The molecular weight excluding hydrogens is 326 g/mol. The highest BCUT2D eigenvalue weighted by Crippen LogP contribution is 2.20. The first-order chi connectivity index (χ1) is 9.39. The minimum absolute atomic E-state index is 0. The lowest BCUT2D eigenvalue weighted by Gasteiger charge is -2.29. The second-order valence-electron chi connectivity index (χ2n) is 5.95. The maximum Gasteiger partial charge on any atom is 0.162 e. The van der Waals surface area contributed by atoms with Gasteiger partial charge in [-0.15, -0.1) is 17.0 Å². The molecule has 0 atom stereocenters.